The summed E-state index contributed by atoms with van der Waals surface area (Å²) in [5.74, 6) is -0.759. The predicted octanol–water partition coefficient (Wildman–Crippen LogP) is 2.93. The highest BCUT2D eigenvalue weighted by Gasteiger charge is 2.17. The fourth-order valence-electron chi connectivity index (χ4n) is 2.96. The van der Waals surface area contributed by atoms with Crippen LogP contribution in [0.1, 0.15) is 18.4 Å². The monoisotopic (exact) mass is 357 g/mol. The Morgan fingerprint density at radius 3 is 2.77 bits per heavy atom. The molecule has 1 amide bonds. The third kappa shape index (κ3) is 5.03. The molecule has 0 radical (unpaired) electrons. The van der Waals surface area contributed by atoms with Crippen LogP contribution >= 0.6 is 0 Å². The molecule has 2 atom stereocenters. The summed E-state index contributed by atoms with van der Waals surface area (Å²) in [6.07, 6.45) is 2.59. The molecule has 2 aromatic rings. The molecule has 1 fully saturated rings. The Balaban J connectivity index is 1.53. The van der Waals surface area contributed by atoms with Crippen LogP contribution in [0.5, 0.6) is 0 Å². The molecule has 138 valence electrons. The molecule has 3 rings (SSSR count). The largest absolute Gasteiger partial charge is 0.380 e. The van der Waals surface area contributed by atoms with Crippen molar-refractivity contribution >= 4 is 17.3 Å². The summed E-state index contributed by atoms with van der Waals surface area (Å²) in [7, 11) is 0. The molecule has 2 unspecified atom stereocenters. The van der Waals surface area contributed by atoms with E-state index >= 15 is 0 Å². The molecule has 1 heterocycles. The van der Waals surface area contributed by atoms with Gasteiger partial charge in [-0.05, 0) is 43.0 Å². The molecule has 5 nitrogen and oxygen atoms in total. The Hall–Kier alpha value is -2.44. The van der Waals surface area contributed by atoms with Gasteiger partial charge in [-0.2, -0.15) is 0 Å². The minimum absolute atomic E-state index is 0.129. The van der Waals surface area contributed by atoms with E-state index in [4.69, 9.17) is 10.5 Å². The summed E-state index contributed by atoms with van der Waals surface area (Å²) in [5, 5.41) is 5.72. The van der Waals surface area contributed by atoms with Crippen molar-refractivity contribution in [2.75, 3.05) is 23.8 Å². The average molecular weight is 357 g/mol. The number of hydrogen-bond donors (Lipinski definition) is 3. The van der Waals surface area contributed by atoms with Gasteiger partial charge >= 0.3 is 0 Å². The molecule has 1 aliphatic heterocycles. The number of nitrogens with two attached hydrogens (primary N) is 1. The first-order chi connectivity index (χ1) is 12.6. The zero-order valence-corrected chi connectivity index (χ0v) is 14.6. The fraction of sp³-hybridized carbons (Fsp3) is 0.350. The van der Waals surface area contributed by atoms with E-state index in [1.807, 2.05) is 30.3 Å². The zero-order chi connectivity index (χ0) is 18.4. The second kappa shape index (κ2) is 8.78. The summed E-state index contributed by atoms with van der Waals surface area (Å²) in [4.78, 5) is 12.2. The molecule has 0 bridgehead atoms. The minimum Gasteiger partial charge on any atom is -0.380 e. The van der Waals surface area contributed by atoms with Gasteiger partial charge in [-0.1, -0.05) is 30.3 Å². The van der Waals surface area contributed by atoms with E-state index < -0.39 is 11.9 Å². The zero-order valence-electron chi connectivity index (χ0n) is 14.6. The van der Waals surface area contributed by atoms with Crippen LogP contribution in [0.15, 0.2) is 48.5 Å². The lowest BCUT2D eigenvalue weighted by molar-refractivity contribution is -0.117. The number of halogens is 1. The molecule has 1 saturated heterocycles. The highest BCUT2D eigenvalue weighted by Crippen LogP contribution is 2.20. The molecule has 26 heavy (non-hydrogen) atoms. The summed E-state index contributed by atoms with van der Waals surface area (Å²) < 4.78 is 19.7. The first-order valence-electron chi connectivity index (χ1n) is 8.87. The maximum atomic E-state index is 14.2. The fourth-order valence-corrected chi connectivity index (χ4v) is 2.96. The van der Waals surface area contributed by atoms with Crippen LogP contribution in [0.2, 0.25) is 0 Å². The lowest BCUT2D eigenvalue weighted by atomic mass is 10.1. The van der Waals surface area contributed by atoms with Gasteiger partial charge in [0.1, 0.15) is 5.82 Å². The Morgan fingerprint density at radius 1 is 1.27 bits per heavy atom. The van der Waals surface area contributed by atoms with Crippen LogP contribution in [-0.4, -0.2) is 31.2 Å². The summed E-state index contributed by atoms with van der Waals surface area (Å²) in [6.45, 7) is 1.34. The van der Waals surface area contributed by atoms with Crippen molar-refractivity contribution in [3.63, 3.8) is 0 Å². The molecule has 0 aromatic heterocycles. The van der Waals surface area contributed by atoms with Gasteiger partial charge in [0.05, 0.1) is 17.8 Å². The maximum Gasteiger partial charge on any atom is 0.241 e. The topological polar surface area (TPSA) is 76.4 Å². The Bertz CT molecular complexity index is 733. The number of rotatable bonds is 7. The molecule has 6 heteroatoms. The molecule has 4 N–H and O–H groups in total. The van der Waals surface area contributed by atoms with Crippen LogP contribution in [0.25, 0.3) is 0 Å². The van der Waals surface area contributed by atoms with Gasteiger partial charge < -0.3 is 21.1 Å². The minimum atomic E-state index is -0.697. The van der Waals surface area contributed by atoms with Crippen molar-refractivity contribution in [2.24, 2.45) is 5.73 Å². The number of benzene rings is 2. The molecule has 0 aliphatic carbocycles. The third-order valence-corrected chi connectivity index (χ3v) is 4.42. The van der Waals surface area contributed by atoms with Gasteiger partial charge in [0.2, 0.25) is 5.91 Å². The normalized spacial score (nSPS) is 17.7. The van der Waals surface area contributed by atoms with Crippen molar-refractivity contribution in [1.29, 1.82) is 0 Å². The quantitative estimate of drug-likeness (QED) is 0.712. The highest BCUT2D eigenvalue weighted by atomic mass is 19.1. The lowest BCUT2D eigenvalue weighted by Gasteiger charge is -2.15. The number of anilines is 2. The molecule has 0 saturated carbocycles. The summed E-state index contributed by atoms with van der Waals surface area (Å²) >= 11 is 0. The lowest BCUT2D eigenvalue weighted by Crippen LogP contribution is -2.37. The van der Waals surface area contributed by atoms with E-state index in [9.17, 15) is 9.18 Å². The van der Waals surface area contributed by atoms with Crippen LogP contribution in [-0.2, 0) is 16.0 Å². The van der Waals surface area contributed by atoms with Gasteiger partial charge in [-0.15, -0.1) is 0 Å². The van der Waals surface area contributed by atoms with Gasteiger partial charge in [-0.25, -0.2) is 4.39 Å². The number of nitrogens with one attached hydrogen (secondary N) is 2. The second-order valence-corrected chi connectivity index (χ2v) is 6.50. The van der Waals surface area contributed by atoms with Gasteiger partial charge in [0, 0.05) is 18.8 Å². The van der Waals surface area contributed by atoms with Crippen molar-refractivity contribution in [3.05, 3.63) is 59.9 Å². The standard InChI is InChI=1S/C20H24FN3O2/c21-17-12-15(8-9-19(17)23-13-16-7-4-10-26-16)24-20(25)18(22)11-14-5-2-1-3-6-14/h1-3,5-6,8-9,12,16,18,23H,4,7,10-11,13,22H2,(H,24,25). The summed E-state index contributed by atoms with van der Waals surface area (Å²) in [5.41, 5.74) is 7.72. The van der Waals surface area contributed by atoms with Crippen molar-refractivity contribution in [2.45, 2.75) is 31.4 Å². The average Bonchev–Trinajstić information content (AvgIpc) is 3.15. The third-order valence-electron chi connectivity index (χ3n) is 4.42. The SMILES string of the molecule is NC(Cc1ccccc1)C(=O)Nc1ccc(NCC2CCCO2)c(F)c1. The van der Waals surface area contributed by atoms with E-state index in [0.717, 1.165) is 25.0 Å². The number of amides is 1. The van der Waals surface area contributed by atoms with Crippen LogP contribution < -0.4 is 16.4 Å². The molecular formula is C20H24FN3O2. The number of ether oxygens (including phenoxy) is 1. The number of carbonyl (C=O) groups excluding carboxylic acids is 1. The Morgan fingerprint density at radius 2 is 2.08 bits per heavy atom. The first kappa shape index (κ1) is 18.4. The van der Waals surface area contributed by atoms with Crippen LogP contribution in [0, 0.1) is 5.82 Å². The van der Waals surface area contributed by atoms with Crippen molar-refractivity contribution < 1.29 is 13.9 Å². The van der Waals surface area contributed by atoms with Gasteiger partial charge in [0.15, 0.2) is 0 Å². The number of hydrogen-bond acceptors (Lipinski definition) is 4. The maximum absolute atomic E-state index is 14.2. The highest BCUT2D eigenvalue weighted by molar-refractivity contribution is 5.95. The van der Waals surface area contributed by atoms with E-state index in [2.05, 4.69) is 10.6 Å². The van der Waals surface area contributed by atoms with E-state index in [0.29, 0.717) is 24.3 Å². The van der Waals surface area contributed by atoms with E-state index in [-0.39, 0.29) is 12.0 Å². The van der Waals surface area contributed by atoms with E-state index in [1.165, 1.54) is 6.07 Å². The number of carbonyl (C=O) groups is 1. The predicted molar refractivity (Wildman–Crippen MR) is 101 cm³/mol. The van der Waals surface area contributed by atoms with Crippen LogP contribution in [0.3, 0.4) is 0 Å². The summed E-state index contributed by atoms with van der Waals surface area (Å²) in [6, 6.07) is 13.4. The van der Waals surface area contributed by atoms with Crippen molar-refractivity contribution in [1.82, 2.24) is 0 Å². The molecule has 0 spiro atoms. The second-order valence-electron chi connectivity index (χ2n) is 6.50. The van der Waals surface area contributed by atoms with E-state index in [1.54, 1.807) is 12.1 Å². The Kier molecular flexibility index (Phi) is 6.20. The van der Waals surface area contributed by atoms with Crippen molar-refractivity contribution in [3.8, 4) is 0 Å². The van der Waals surface area contributed by atoms with Crippen LogP contribution in [0.4, 0.5) is 15.8 Å². The van der Waals surface area contributed by atoms with Gasteiger partial charge in [-0.3, -0.25) is 4.79 Å². The Labute approximate surface area is 152 Å². The first-order valence-corrected chi connectivity index (χ1v) is 8.87. The molecular weight excluding hydrogens is 333 g/mol. The molecule has 2 aromatic carbocycles. The van der Waals surface area contributed by atoms with Gasteiger partial charge in [0.25, 0.3) is 0 Å². The smallest absolute Gasteiger partial charge is 0.241 e. The molecule has 1 aliphatic rings.